The van der Waals surface area contributed by atoms with Gasteiger partial charge in [0, 0.05) is 59.3 Å². The lowest BCUT2D eigenvalue weighted by atomic mass is 10.2. The van der Waals surface area contributed by atoms with Crippen molar-refractivity contribution < 1.29 is 13.9 Å². The minimum atomic E-state index is 0.00395. The summed E-state index contributed by atoms with van der Waals surface area (Å²) in [5.74, 6) is 1.76. The summed E-state index contributed by atoms with van der Waals surface area (Å²) in [4.78, 5) is 22.9. The van der Waals surface area contributed by atoms with E-state index in [0.717, 1.165) is 70.5 Å². The van der Waals surface area contributed by atoms with Crippen molar-refractivity contribution >= 4 is 11.9 Å². The maximum Gasteiger partial charge on any atom is 0.243 e. The second-order valence-corrected chi connectivity index (χ2v) is 7.22. The zero-order chi connectivity index (χ0) is 19.1. The standard InChI is InChI=1S/C19H31N5O3/c1-22(2)18(25)14-21-19(20-7-5-17-4-3-11-27-17)24-8-6-16(15-24)23-9-12-26-13-10-23/h3-4,11,16H,5-10,12-15H2,1-2H3,(H,20,21). The summed E-state index contributed by atoms with van der Waals surface area (Å²) >= 11 is 0. The van der Waals surface area contributed by atoms with E-state index < -0.39 is 0 Å². The van der Waals surface area contributed by atoms with Crippen molar-refractivity contribution in [1.82, 2.24) is 20.0 Å². The van der Waals surface area contributed by atoms with E-state index in [0.29, 0.717) is 6.04 Å². The number of morpholine rings is 1. The number of rotatable bonds is 6. The molecule has 2 aliphatic heterocycles. The van der Waals surface area contributed by atoms with Crippen molar-refractivity contribution in [2.75, 3.05) is 66.6 Å². The molecule has 0 saturated carbocycles. The molecule has 0 spiro atoms. The van der Waals surface area contributed by atoms with Crippen LogP contribution in [0.15, 0.2) is 27.8 Å². The highest BCUT2D eigenvalue weighted by molar-refractivity contribution is 5.85. The number of aliphatic imine (C=N–C) groups is 1. The number of guanidine groups is 1. The summed E-state index contributed by atoms with van der Waals surface area (Å²) in [7, 11) is 3.51. The lowest BCUT2D eigenvalue weighted by Gasteiger charge is -2.32. The molecule has 2 aliphatic rings. The van der Waals surface area contributed by atoms with E-state index in [1.54, 1.807) is 25.3 Å². The minimum Gasteiger partial charge on any atom is -0.469 e. The number of ether oxygens (including phenoxy) is 1. The predicted molar refractivity (Wildman–Crippen MR) is 104 cm³/mol. The van der Waals surface area contributed by atoms with E-state index in [9.17, 15) is 4.79 Å². The summed E-state index contributed by atoms with van der Waals surface area (Å²) in [6.07, 6.45) is 3.59. The molecule has 27 heavy (non-hydrogen) atoms. The Labute approximate surface area is 161 Å². The largest absolute Gasteiger partial charge is 0.469 e. The van der Waals surface area contributed by atoms with Crippen molar-refractivity contribution in [3.8, 4) is 0 Å². The Morgan fingerprint density at radius 1 is 1.33 bits per heavy atom. The highest BCUT2D eigenvalue weighted by Crippen LogP contribution is 2.17. The number of amides is 1. The Morgan fingerprint density at radius 2 is 2.15 bits per heavy atom. The smallest absolute Gasteiger partial charge is 0.243 e. The summed E-state index contributed by atoms with van der Waals surface area (Å²) in [5.41, 5.74) is 0. The van der Waals surface area contributed by atoms with Crippen LogP contribution in [0.5, 0.6) is 0 Å². The van der Waals surface area contributed by atoms with Crippen LogP contribution in [0.1, 0.15) is 12.2 Å². The Morgan fingerprint density at radius 3 is 2.85 bits per heavy atom. The highest BCUT2D eigenvalue weighted by Gasteiger charge is 2.30. The van der Waals surface area contributed by atoms with Crippen molar-refractivity contribution in [2.24, 2.45) is 4.99 Å². The van der Waals surface area contributed by atoms with Gasteiger partial charge in [0.05, 0.1) is 19.5 Å². The predicted octanol–water partition coefficient (Wildman–Crippen LogP) is 0.262. The first-order valence-corrected chi connectivity index (χ1v) is 9.71. The van der Waals surface area contributed by atoms with Crippen molar-refractivity contribution in [1.29, 1.82) is 0 Å². The highest BCUT2D eigenvalue weighted by atomic mass is 16.5. The van der Waals surface area contributed by atoms with Crippen LogP contribution in [-0.2, 0) is 16.0 Å². The zero-order valence-corrected chi connectivity index (χ0v) is 16.4. The molecule has 0 bridgehead atoms. The van der Waals surface area contributed by atoms with Gasteiger partial charge in [-0.15, -0.1) is 0 Å². The molecule has 1 aromatic heterocycles. The first-order chi connectivity index (χ1) is 13.1. The number of carbonyl (C=O) groups is 1. The van der Waals surface area contributed by atoms with E-state index in [-0.39, 0.29) is 12.5 Å². The molecule has 2 fully saturated rings. The third-order valence-electron chi connectivity index (χ3n) is 5.12. The third kappa shape index (κ3) is 5.71. The van der Waals surface area contributed by atoms with Gasteiger partial charge in [0.15, 0.2) is 5.96 Å². The monoisotopic (exact) mass is 377 g/mol. The molecule has 0 aliphatic carbocycles. The molecule has 1 N–H and O–H groups in total. The minimum absolute atomic E-state index is 0.00395. The second kappa shape index (κ2) is 9.75. The van der Waals surface area contributed by atoms with Crippen LogP contribution in [0.25, 0.3) is 0 Å². The summed E-state index contributed by atoms with van der Waals surface area (Å²) in [5, 5.41) is 3.42. The number of furan rings is 1. The SMILES string of the molecule is CN(C)C(=O)CN=C(NCCc1ccco1)N1CCC(N2CCOCC2)C1. The molecular formula is C19H31N5O3. The van der Waals surface area contributed by atoms with Crippen LogP contribution >= 0.6 is 0 Å². The zero-order valence-electron chi connectivity index (χ0n) is 16.4. The van der Waals surface area contributed by atoms with Gasteiger partial charge in [-0.1, -0.05) is 0 Å². The van der Waals surface area contributed by atoms with Crippen LogP contribution in [0, 0.1) is 0 Å². The Hall–Kier alpha value is -2.06. The Kier molecular flexibility index (Phi) is 7.11. The van der Waals surface area contributed by atoms with Crippen molar-refractivity contribution in [3.05, 3.63) is 24.2 Å². The van der Waals surface area contributed by atoms with E-state index >= 15 is 0 Å². The van der Waals surface area contributed by atoms with Crippen molar-refractivity contribution in [2.45, 2.75) is 18.9 Å². The number of likely N-dealkylation sites (tertiary alicyclic amines) is 1. The van der Waals surface area contributed by atoms with Gasteiger partial charge in [0.2, 0.25) is 5.91 Å². The molecule has 1 amide bonds. The molecule has 3 heterocycles. The fraction of sp³-hybridized carbons (Fsp3) is 0.684. The lowest BCUT2D eigenvalue weighted by molar-refractivity contribution is -0.127. The van der Waals surface area contributed by atoms with Gasteiger partial charge in [-0.25, -0.2) is 4.99 Å². The van der Waals surface area contributed by atoms with Gasteiger partial charge in [-0.3, -0.25) is 9.69 Å². The molecule has 3 rings (SSSR count). The topological polar surface area (TPSA) is 73.6 Å². The van der Waals surface area contributed by atoms with Gasteiger partial charge >= 0.3 is 0 Å². The van der Waals surface area contributed by atoms with Crippen LogP contribution in [0.4, 0.5) is 0 Å². The van der Waals surface area contributed by atoms with Gasteiger partial charge in [0.25, 0.3) is 0 Å². The van der Waals surface area contributed by atoms with E-state index in [1.807, 2.05) is 12.1 Å². The van der Waals surface area contributed by atoms with E-state index in [2.05, 4.69) is 20.1 Å². The Bertz CT molecular complexity index is 611. The van der Waals surface area contributed by atoms with E-state index in [4.69, 9.17) is 9.15 Å². The number of hydrogen-bond acceptors (Lipinski definition) is 5. The lowest BCUT2D eigenvalue weighted by Crippen LogP contribution is -2.47. The second-order valence-electron chi connectivity index (χ2n) is 7.22. The van der Waals surface area contributed by atoms with Crippen LogP contribution < -0.4 is 5.32 Å². The van der Waals surface area contributed by atoms with Crippen LogP contribution in [-0.4, -0.2) is 99.2 Å². The van der Waals surface area contributed by atoms with E-state index in [1.165, 1.54) is 0 Å². The molecule has 0 aromatic carbocycles. The fourth-order valence-electron chi connectivity index (χ4n) is 3.48. The molecule has 1 atom stereocenters. The third-order valence-corrected chi connectivity index (χ3v) is 5.12. The van der Waals surface area contributed by atoms with Gasteiger partial charge in [0.1, 0.15) is 12.3 Å². The fourth-order valence-corrected chi connectivity index (χ4v) is 3.48. The molecule has 1 aromatic rings. The number of hydrogen-bond donors (Lipinski definition) is 1. The number of likely N-dealkylation sites (N-methyl/N-ethyl adjacent to an activating group) is 1. The summed E-state index contributed by atoms with van der Waals surface area (Å²) < 4.78 is 10.9. The molecule has 8 nitrogen and oxygen atoms in total. The van der Waals surface area contributed by atoms with Gasteiger partial charge in [-0.05, 0) is 18.6 Å². The molecule has 150 valence electrons. The number of nitrogens with zero attached hydrogens (tertiary/aromatic N) is 4. The average Bonchev–Trinajstić information content (AvgIpc) is 3.37. The van der Waals surface area contributed by atoms with Crippen molar-refractivity contribution in [3.63, 3.8) is 0 Å². The normalized spacial score (nSPS) is 21.5. The molecule has 2 saturated heterocycles. The molecule has 1 unspecified atom stereocenters. The maximum absolute atomic E-state index is 12.0. The van der Waals surface area contributed by atoms with Gasteiger partial charge in [-0.2, -0.15) is 0 Å². The number of carbonyl (C=O) groups excluding carboxylic acids is 1. The number of nitrogens with one attached hydrogen (secondary N) is 1. The molecule has 8 heteroatoms. The first kappa shape index (κ1) is 19.7. The molecule has 0 radical (unpaired) electrons. The molecular weight excluding hydrogens is 346 g/mol. The van der Waals surface area contributed by atoms with Crippen LogP contribution in [0.3, 0.4) is 0 Å². The summed E-state index contributed by atoms with van der Waals surface area (Å²) in [6, 6.07) is 4.39. The first-order valence-electron chi connectivity index (χ1n) is 9.71. The maximum atomic E-state index is 12.0. The van der Waals surface area contributed by atoms with Crippen LogP contribution in [0.2, 0.25) is 0 Å². The average molecular weight is 377 g/mol. The quantitative estimate of drug-likeness (QED) is 0.566. The summed E-state index contributed by atoms with van der Waals surface area (Å²) in [6.45, 7) is 6.39. The van der Waals surface area contributed by atoms with Gasteiger partial charge < -0.3 is 24.3 Å². The Balaban J connectivity index is 1.58.